The number of aromatic nitrogens is 2. The second-order valence-corrected chi connectivity index (χ2v) is 8.64. The van der Waals surface area contributed by atoms with Gasteiger partial charge in [0.1, 0.15) is 11.9 Å². The lowest BCUT2D eigenvalue weighted by Gasteiger charge is -2.27. The van der Waals surface area contributed by atoms with E-state index in [4.69, 9.17) is 0 Å². The summed E-state index contributed by atoms with van der Waals surface area (Å²) in [6.45, 7) is 2.16. The Morgan fingerprint density at radius 1 is 1.08 bits per heavy atom. The van der Waals surface area contributed by atoms with Crippen molar-refractivity contribution in [2.45, 2.75) is 45.1 Å². The number of rotatable bonds is 7. The van der Waals surface area contributed by atoms with Crippen molar-refractivity contribution < 1.29 is 28.8 Å². The van der Waals surface area contributed by atoms with E-state index in [0.717, 1.165) is 16.2 Å². The summed E-state index contributed by atoms with van der Waals surface area (Å²) in [5, 5.41) is 11.5. The number of hydrogen-bond donors (Lipinski definition) is 3. The zero-order valence-corrected chi connectivity index (χ0v) is 19.9. The van der Waals surface area contributed by atoms with E-state index in [9.17, 15) is 28.8 Å². The predicted octanol–water partition coefficient (Wildman–Crippen LogP) is 0.0712. The quantitative estimate of drug-likeness (QED) is 0.279. The monoisotopic (exact) mass is 494 g/mol. The Bertz CT molecular complexity index is 1280. The van der Waals surface area contributed by atoms with E-state index in [1.165, 1.54) is 4.68 Å². The van der Waals surface area contributed by atoms with Crippen LogP contribution in [-0.4, -0.2) is 62.7 Å². The lowest BCUT2D eigenvalue weighted by atomic mass is 10.0. The average Bonchev–Trinajstić information content (AvgIpc) is 3.32. The summed E-state index contributed by atoms with van der Waals surface area (Å²) >= 11 is 0. The van der Waals surface area contributed by atoms with Gasteiger partial charge in [0.05, 0.1) is 16.8 Å². The summed E-state index contributed by atoms with van der Waals surface area (Å²) in [4.78, 5) is 74.4. The number of piperidine rings is 1. The van der Waals surface area contributed by atoms with Crippen molar-refractivity contribution in [3.63, 3.8) is 0 Å². The summed E-state index contributed by atoms with van der Waals surface area (Å²) in [5.41, 5.74) is 1.97. The van der Waals surface area contributed by atoms with Crippen LogP contribution in [0.1, 0.15) is 58.2 Å². The first kappa shape index (κ1) is 24.8. The molecule has 12 nitrogen and oxygen atoms in total. The number of hydrogen-bond acceptors (Lipinski definition) is 7. The predicted molar refractivity (Wildman–Crippen MR) is 126 cm³/mol. The number of amides is 6. The maximum absolute atomic E-state index is 12.9. The molecule has 2 aliphatic rings. The Hall–Kier alpha value is -4.35. The van der Waals surface area contributed by atoms with Crippen molar-refractivity contribution in [3.8, 4) is 0 Å². The van der Waals surface area contributed by atoms with Crippen molar-refractivity contribution in [2.75, 3.05) is 11.9 Å². The molecule has 0 radical (unpaired) electrons. The topological polar surface area (TPSA) is 160 Å². The number of aryl methyl sites for hydroxylation is 3. The molecule has 1 fully saturated rings. The molecule has 1 atom stereocenters. The molecule has 6 amide bonds. The smallest absolute Gasteiger partial charge is 0.314 e. The number of benzene rings is 1. The minimum absolute atomic E-state index is 0.0562. The van der Waals surface area contributed by atoms with Gasteiger partial charge in [-0.1, -0.05) is 13.0 Å². The van der Waals surface area contributed by atoms with E-state index in [0.29, 0.717) is 25.1 Å². The summed E-state index contributed by atoms with van der Waals surface area (Å²) in [7, 11) is 1.67. The van der Waals surface area contributed by atoms with E-state index in [1.54, 1.807) is 31.3 Å². The minimum Gasteiger partial charge on any atom is -0.348 e. The van der Waals surface area contributed by atoms with Gasteiger partial charge in [0.15, 0.2) is 0 Å². The second-order valence-electron chi connectivity index (χ2n) is 8.64. The first-order valence-corrected chi connectivity index (χ1v) is 11.7. The van der Waals surface area contributed by atoms with Crippen LogP contribution in [0.4, 0.5) is 5.82 Å². The summed E-state index contributed by atoms with van der Waals surface area (Å²) in [5.74, 6) is -3.36. The van der Waals surface area contributed by atoms with Crippen LogP contribution >= 0.6 is 0 Å². The fourth-order valence-electron chi connectivity index (χ4n) is 4.24. The lowest BCUT2D eigenvalue weighted by molar-refractivity contribution is -0.136. The summed E-state index contributed by atoms with van der Waals surface area (Å²) in [6.07, 6.45) is 1.82. The van der Waals surface area contributed by atoms with Gasteiger partial charge in [0.25, 0.3) is 11.8 Å². The van der Waals surface area contributed by atoms with Gasteiger partial charge in [-0.25, -0.2) is 0 Å². The Balaban J connectivity index is 1.30. The third kappa shape index (κ3) is 4.88. The highest BCUT2D eigenvalue weighted by Crippen LogP contribution is 2.28. The molecule has 1 saturated heterocycles. The number of nitrogens with one attached hydrogen (secondary N) is 3. The van der Waals surface area contributed by atoms with Crippen molar-refractivity contribution in [3.05, 3.63) is 46.6 Å². The van der Waals surface area contributed by atoms with Crippen molar-refractivity contribution >= 4 is 41.3 Å². The molecule has 2 aromatic rings. The van der Waals surface area contributed by atoms with Gasteiger partial charge in [0, 0.05) is 26.1 Å². The molecule has 0 saturated carbocycles. The van der Waals surface area contributed by atoms with E-state index in [1.807, 2.05) is 6.92 Å². The van der Waals surface area contributed by atoms with Crippen LogP contribution in [0.15, 0.2) is 24.3 Å². The number of carbonyl (C=O) groups is 6. The number of carbonyl (C=O) groups excluding carboxylic acids is 6. The van der Waals surface area contributed by atoms with Gasteiger partial charge in [-0.05, 0) is 43.4 Å². The van der Waals surface area contributed by atoms with Crippen LogP contribution < -0.4 is 16.0 Å². The highest BCUT2D eigenvalue weighted by atomic mass is 16.2. The Kier molecular flexibility index (Phi) is 6.95. The second kappa shape index (κ2) is 10.1. The molecule has 0 spiro atoms. The van der Waals surface area contributed by atoms with Gasteiger partial charge >= 0.3 is 11.8 Å². The Labute approximate surface area is 206 Å². The van der Waals surface area contributed by atoms with Gasteiger partial charge in [-0.2, -0.15) is 5.10 Å². The van der Waals surface area contributed by atoms with E-state index in [-0.39, 0.29) is 30.5 Å². The van der Waals surface area contributed by atoms with Gasteiger partial charge in [0.2, 0.25) is 11.8 Å². The molecule has 12 heteroatoms. The van der Waals surface area contributed by atoms with Crippen LogP contribution in [-0.2, 0) is 39.1 Å². The van der Waals surface area contributed by atoms with E-state index in [2.05, 4.69) is 21.0 Å². The van der Waals surface area contributed by atoms with Gasteiger partial charge in [-0.15, -0.1) is 0 Å². The first-order valence-electron chi connectivity index (χ1n) is 11.7. The Morgan fingerprint density at radius 3 is 2.53 bits per heavy atom. The molecule has 188 valence electrons. The van der Waals surface area contributed by atoms with Crippen LogP contribution in [0.2, 0.25) is 0 Å². The van der Waals surface area contributed by atoms with Crippen molar-refractivity contribution in [1.82, 2.24) is 25.3 Å². The molecule has 36 heavy (non-hydrogen) atoms. The SMILES string of the molecule is CCc1cc(NC(=O)C(=O)NCCCc2ccc3c(c2)C(=O)N(C2CCC(=O)NC2=O)C3=O)n(C)n1. The molecular weight excluding hydrogens is 468 g/mol. The van der Waals surface area contributed by atoms with Gasteiger partial charge in [-0.3, -0.25) is 43.7 Å². The average molecular weight is 495 g/mol. The molecule has 3 heterocycles. The van der Waals surface area contributed by atoms with Crippen LogP contribution in [0.5, 0.6) is 0 Å². The number of nitrogens with zero attached hydrogens (tertiary/aromatic N) is 3. The molecule has 1 unspecified atom stereocenters. The third-order valence-corrected chi connectivity index (χ3v) is 6.17. The van der Waals surface area contributed by atoms with Crippen LogP contribution in [0.25, 0.3) is 0 Å². The fourth-order valence-corrected chi connectivity index (χ4v) is 4.24. The normalized spacial score (nSPS) is 17.2. The van der Waals surface area contributed by atoms with E-state index < -0.39 is 41.5 Å². The third-order valence-electron chi connectivity index (χ3n) is 6.17. The van der Waals surface area contributed by atoms with Crippen LogP contribution in [0, 0.1) is 0 Å². The summed E-state index contributed by atoms with van der Waals surface area (Å²) in [6, 6.07) is 5.54. The number of imide groups is 2. The summed E-state index contributed by atoms with van der Waals surface area (Å²) < 4.78 is 1.49. The van der Waals surface area contributed by atoms with Crippen molar-refractivity contribution in [2.24, 2.45) is 7.05 Å². The number of anilines is 1. The molecule has 0 aliphatic carbocycles. The van der Waals surface area contributed by atoms with Crippen LogP contribution in [0.3, 0.4) is 0 Å². The largest absolute Gasteiger partial charge is 0.348 e. The molecule has 2 aliphatic heterocycles. The first-order chi connectivity index (χ1) is 17.2. The maximum Gasteiger partial charge on any atom is 0.314 e. The maximum atomic E-state index is 12.9. The standard InChI is InChI=1S/C24H26N6O6/c1-3-14-12-18(29(2)28-14)26-22(34)21(33)25-10-4-5-13-6-7-15-16(11-13)24(36)30(23(15)35)17-8-9-19(31)27-20(17)32/h6-7,11-12,17H,3-5,8-10H2,1-2H3,(H,25,33)(H,26,34)(H,27,31,32). The molecule has 0 bridgehead atoms. The molecular formula is C24H26N6O6. The zero-order chi connectivity index (χ0) is 26.0. The fraction of sp³-hybridized carbons (Fsp3) is 0.375. The van der Waals surface area contributed by atoms with Gasteiger partial charge < -0.3 is 10.6 Å². The molecule has 3 N–H and O–H groups in total. The highest BCUT2D eigenvalue weighted by Gasteiger charge is 2.44. The number of fused-ring (bicyclic) bond motifs is 1. The molecule has 4 rings (SSSR count). The Morgan fingerprint density at radius 2 is 1.83 bits per heavy atom. The molecule has 1 aromatic carbocycles. The minimum atomic E-state index is -1.01. The van der Waals surface area contributed by atoms with Crippen molar-refractivity contribution in [1.29, 1.82) is 0 Å². The zero-order valence-electron chi connectivity index (χ0n) is 19.9. The highest BCUT2D eigenvalue weighted by molar-refractivity contribution is 6.39. The molecule has 1 aromatic heterocycles. The lowest BCUT2D eigenvalue weighted by Crippen LogP contribution is -2.54. The van der Waals surface area contributed by atoms with E-state index >= 15 is 0 Å².